The second-order valence-corrected chi connectivity index (χ2v) is 4.89. The summed E-state index contributed by atoms with van der Waals surface area (Å²) >= 11 is 0. The summed E-state index contributed by atoms with van der Waals surface area (Å²) in [6.07, 6.45) is 1.83. The second-order valence-electron chi connectivity index (χ2n) is 4.89. The average molecular weight is 364 g/mol. The zero-order valence-electron chi connectivity index (χ0n) is 15.4. The Hall–Kier alpha value is -2.70. The lowest BCUT2D eigenvalue weighted by Crippen LogP contribution is -2.08. The molecule has 6 nitrogen and oxygen atoms in total. The van der Waals surface area contributed by atoms with Crippen LogP contribution >= 0.6 is 0 Å². The molecule has 0 saturated heterocycles. The van der Waals surface area contributed by atoms with Crippen molar-refractivity contribution in [3.63, 3.8) is 0 Å². The molecule has 1 aromatic carbocycles. The van der Waals surface area contributed by atoms with Crippen LogP contribution in [0.1, 0.15) is 19.4 Å². The van der Waals surface area contributed by atoms with Crippen LogP contribution in [-0.2, 0) is 19.1 Å². The van der Waals surface area contributed by atoms with Crippen LogP contribution < -0.4 is 0 Å². The number of rotatable bonds is 7. The number of carbonyl (C=O) groups is 2. The maximum Gasteiger partial charge on any atom is 0.333 e. The van der Waals surface area contributed by atoms with E-state index in [4.69, 9.17) is 10.2 Å². The molecular weight excluding hydrogens is 336 g/mol. The Bertz CT molecular complexity index is 533. The van der Waals surface area contributed by atoms with Gasteiger partial charge < -0.3 is 19.7 Å². The van der Waals surface area contributed by atoms with E-state index in [1.807, 2.05) is 36.4 Å². The Morgan fingerprint density at radius 2 is 1.31 bits per heavy atom. The standard InChI is InChI=1S/C8H8.2C6H10O3/c1-2-8-6-4-3-5-7-8;2*1-5(2)6(8)9-4-3-7/h2-7H,1H2;2*7H,1,3-4H2,2H3. The smallest absolute Gasteiger partial charge is 0.333 e. The molecule has 0 radical (unpaired) electrons. The Morgan fingerprint density at radius 3 is 1.54 bits per heavy atom. The van der Waals surface area contributed by atoms with Gasteiger partial charge in [-0.1, -0.05) is 56.1 Å². The summed E-state index contributed by atoms with van der Waals surface area (Å²) in [6, 6.07) is 10.0. The maximum absolute atomic E-state index is 10.5. The van der Waals surface area contributed by atoms with Crippen LogP contribution in [0.2, 0.25) is 0 Å². The van der Waals surface area contributed by atoms with Gasteiger partial charge in [0.1, 0.15) is 13.2 Å². The first-order valence-electron chi connectivity index (χ1n) is 7.84. The molecule has 1 aromatic rings. The summed E-state index contributed by atoms with van der Waals surface area (Å²) in [7, 11) is 0. The highest BCUT2D eigenvalue weighted by Gasteiger charge is 2.00. The Balaban J connectivity index is 0. The first kappa shape index (κ1) is 25.5. The number of carbonyl (C=O) groups excluding carboxylic acids is 2. The predicted molar refractivity (Wildman–Crippen MR) is 102 cm³/mol. The lowest BCUT2D eigenvalue weighted by atomic mass is 10.2. The van der Waals surface area contributed by atoms with Gasteiger partial charge in [0.05, 0.1) is 13.2 Å². The molecule has 0 saturated carbocycles. The quantitative estimate of drug-likeness (QED) is 0.570. The molecule has 0 unspecified atom stereocenters. The zero-order valence-corrected chi connectivity index (χ0v) is 15.4. The number of benzene rings is 1. The lowest BCUT2D eigenvalue weighted by molar-refractivity contribution is -0.140. The van der Waals surface area contributed by atoms with Gasteiger partial charge >= 0.3 is 11.9 Å². The molecule has 0 fully saturated rings. The molecule has 0 bridgehead atoms. The number of hydrogen-bond donors (Lipinski definition) is 2. The third kappa shape index (κ3) is 16.2. The molecule has 0 spiro atoms. The fraction of sp³-hybridized carbons (Fsp3) is 0.300. The monoisotopic (exact) mass is 364 g/mol. The summed E-state index contributed by atoms with van der Waals surface area (Å²) < 4.78 is 8.93. The van der Waals surface area contributed by atoms with E-state index < -0.39 is 11.9 Å². The predicted octanol–water partition coefficient (Wildman–Crippen LogP) is 2.53. The van der Waals surface area contributed by atoms with Crippen LogP contribution in [0.5, 0.6) is 0 Å². The summed E-state index contributed by atoms with van der Waals surface area (Å²) in [5.74, 6) is -0.909. The van der Waals surface area contributed by atoms with E-state index in [1.54, 1.807) is 13.8 Å². The molecule has 0 aliphatic heterocycles. The fourth-order valence-corrected chi connectivity index (χ4v) is 1.11. The lowest BCUT2D eigenvalue weighted by Gasteiger charge is -1.99. The van der Waals surface area contributed by atoms with E-state index in [1.165, 1.54) is 5.56 Å². The normalized spacial score (nSPS) is 8.62. The van der Waals surface area contributed by atoms with E-state index in [0.29, 0.717) is 11.1 Å². The molecule has 0 aromatic heterocycles. The van der Waals surface area contributed by atoms with Crippen molar-refractivity contribution in [2.75, 3.05) is 26.4 Å². The largest absolute Gasteiger partial charge is 0.460 e. The minimum Gasteiger partial charge on any atom is -0.460 e. The van der Waals surface area contributed by atoms with Crippen molar-refractivity contribution in [1.82, 2.24) is 0 Å². The van der Waals surface area contributed by atoms with Gasteiger partial charge in [0, 0.05) is 11.1 Å². The Labute approximate surface area is 155 Å². The molecule has 0 heterocycles. The number of esters is 2. The molecule has 6 heteroatoms. The van der Waals surface area contributed by atoms with Crippen molar-refractivity contribution in [1.29, 1.82) is 0 Å². The molecule has 1 rings (SSSR count). The van der Waals surface area contributed by atoms with Crippen molar-refractivity contribution < 1.29 is 29.3 Å². The number of aliphatic hydroxyl groups is 2. The molecule has 144 valence electrons. The highest BCUT2D eigenvalue weighted by molar-refractivity contribution is 5.87. The Kier molecular flexibility index (Phi) is 16.8. The molecule has 2 N–H and O–H groups in total. The van der Waals surface area contributed by atoms with E-state index in [9.17, 15) is 9.59 Å². The molecular formula is C20H28O6. The van der Waals surface area contributed by atoms with E-state index in [-0.39, 0.29) is 26.4 Å². The van der Waals surface area contributed by atoms with Crippen LogP contribution in [0.15, 0.2) is 61.2 Å². The molecule has 0 amide bonds. The molecule has 0 aliphatic rings. The minimum atomic E-state index is -0.455. The SMILES string of the molecule is C=C(C)C(=O)OCCO.C=C(C)C(=O)OCCO.C=Cc1ccccc1. The van der Waals surface area contributed by atoms with Gasteiger partial charge in [0.25, 0.3) is 0 Å². The van der Waals surface area contributed by atoms with Crippen LogP contribution in [0, 0.1) is 0 Å². The topological polar surface area (TPSA) is 93.1 Å². The highest BCUT2D eigenvalue weighted by atomic mass is 16.5. The maximum atomic E-state index is 10.5. The van der Waals surface area contributed by atoms with Crippen molar-refractivity contribution in [2.45, 2.75) is 13.8 Å². The number of aliphatic hydroxyl groups excluding tert-OH is 2. The van der Waals surface area contributed by atoms with Crippen LogP contribution in [0.25, 0.3) is 6.08 Å². The van der Waals surface area contributed by atoms with Gasteiger partial charge in [-0.2, -0.15) is 0 Å². The van der Waals surface area contributed by atoms with Crippen molar-refractivity contribution in [3.05, 3.63) is 66.8 Å². The van der Waals surface area contributed by atoms with Gasteiger partial charge in [0.15, 0.2) is 0 Å². The van der Waals surface area contributed by atoms with E-state index >= 15 is 0 Å². The zero-order chi connectivity index (χ0) is 20.4. The highest BCUT2D eigenvalue weighted by Crippen LogP contribution is 1.97. The summed E-state index contributed by atoms with van der Waals surface area (Å²) in [5, 5.41) is 16.4. The summed E-state index contributed by atoms with van der Waals surface area (Å²) in [5.41, 5.74) is 1.87. The Morgan fingerprint density at radius 1 is 0.923 bits per heavy atom. The van der Waals surface area contributed by atoms with Gasteiger partial charge in [-0.25, -0.2) is 9.59 Å². The molecule has 0 aliphatic carbocycles. The van der Waals surface area contributed by atoms with Crippen LogP contribution in [0.4, 0.5) is 0 Å². The van der Waals surface area contributed by atoms with Crippen molar-refractivity contribution >= 4 is 18.0 Å². The van der Waals surface area contributed by atoms with Crippen molar-refractivity contribution in [2.24, 2.45) is 0 Å². The first-order valence-corrected chi connectivity index (χ1v) is 7.84. The number of hydrogen-bond acceptors (Lipinski definition) is 6. The van der Waals surface area contributed by atoms with E-state index in [0.717, 1.165) is 0 Å². The van der Waals surface area contributed by atoms with Gasteiger partial charge in [0.2, 0.25) is 0 Å². The molecule has 26 heavy (non-hydrogen) atoms. The van der Waals surface area contributed by atoms with Gasteiger partial charge in [-0.05, 0) is 19.4 Å². The average Bonchev–Trinajstić information content (AvgIpc) is 2.65. The third-order valence-corrected chi connectivity index (χ3v) is 2.38. The van der Waals surface area contributed by atoms with Crippen molar-refractivity contribution in [3.8, 4) is 0 Å². The second kappa shape index (κ2) is 17.1. The van der Waals surface area contributed by atoms with Crippen LogP contribution in [0.3, 0.4) is 0 Å². The minimum absolute atomic E-state index is 0.0473. The molecule has 0 atom stereocenters. The van der Waals surface area contributed by atoms with Gasteiger partial charge in [-0.3, -0.25) is 0 Å². The van der Waals surface area contributed by atoms with E-state index in [2.05, 4.69) is 29.2 Å². The fourth-order valence-electron chi connectivity index (χ4n) is 1.11. The summed E-state index contributed by atoms with van der Waals surface area (Å²) in [4.78, 5) is 20.9. The third-order valence-electron chi connectivity index (χ3n) is 2.38. The van der Waals surface area contributed by atoms with Crippen LogP contribution in [-0.4, -0.2) is 48.6 Å². The number of ether oxygens (including phenoxy) is 2. The van der Waals surface area contributed by atoms with Gasteiger partial charge in [-0.15, -0.1) is 0 Å². The first-order chi connectivity index (χ1) is 12.3. The summed E-state index contributed by atoms with van der Waals surface area (Å²) in [6.45, 7) is 13.3.